The Morgan fingerprint density at radius 1 is 1.37 bits per heavy atom. The molecule has 2 unspecified atom stereocenters. The van der Waals surface area contributed by atoms with Crippen LogP contribution in [0.1, 0.15) is 25.0 Å². The van der Waals surface area contributed by atoms with Crippen LogP contribution >= 0.6 is 11.6 Å². The lowest BCUT2D eigenvalue weighted by atomic mass is 10.1. The first kappa shape index (κ1) is 14.8. The summed E-state index contributed by atoms with van der Waals surface area (Å²) >= 11 is 6.11. The molecule has 0 saturated carbocycles. The molecular weight excluding hydrogens is 260 g/mol. The number of aliphatic hydroxyl groups is 1. The van der Waals surface area contributed by atoms with Crippen LogP contribution in [0.3, 0.4) is 0 Å². The van der Waals surface area contributed by atoms with Crippen LogP contribution in [-0.2, 0) is 0 Å². The van der Waals surface area contributed by atoms with Crippen molar-refractivity contribution in [1.82, 2.24) is 9.80 Å². The molecule has 1 aliphatic rings. The zero-order chi connectivity index (χ0) is 13.8. The number of aliphatic hydroxyl groups excluding tert-OH is 1. The van der Waals surface area contributed by atoms with Crippen LogP contribution in [0, 0.1) is 0 Å². The third-order valence-electron chi connectivity index (χ3n) is 3.92. The Hall–Kier alpha value is -0.610. The second-order valence-corrected chi connectivity index (χ2v) is 5.88. The molecule has 0 bridgehead atoms. The van der Waals surface area contributed by atoms with E-state index in [1.165, 1.54) is 0 Å². The summed E-state index contributed by atoms with van der Waals surface area (Å²) in [5.74, 6) is 0. The molecule has 2 atom stereocenters. The fourth-order valence-electron chi connectivity index (χ4n) is 2.70. The van der Waals surface area contributed by atoms with Gasteiger partial charge in [0.2, 0.25) is 0 Å². The van der Waals surface area contributed by atoms with E-state index in [4.69, 9.17) is 11.6 Å². The molecule has 1 aromatic rings. The minimum atomic E-state index is -0.472. The predicted molar refractivity (Wildman–Crippen MR) is 79.6 cm³/mol. The lowest BCUT2D eigenvalue weighted by Gasteiger charge is -2.38. The van der Waals surface area contributed by atoms with Crippen molar-refractivity contribution in [1.29, 1.82) is 0 Å². The molecule has 1 N–H and O–H groups in total. The molecule has 0 amide bonds. The van der Waals surface area contributed by atoms with Crippen molar-refractivity contribution >= 4 is 11.6 Å². The largest absolute Gasteiger partial charge is 0.388 e. The van der Waals surface area contributed by atoms with E-state index >= 15 is 0 Å². The van der Waals surface area contributed by atoms with Gasteiger partial charge in [-0.2, -0.15) is 0 Å². The van der Waals surface area contributed by atoms with Gasteiger partial charge in [0.1, 0.15) is 0 Å². The van der Waals surface area contributed by atoms with E-state index in [1.807, 2.05) is 24.3 Å². The van der Waals surface area contributed by atoms with Crippen LogP contribution in [0.15, 0.2) is 24.3 Å². The Bertz CT molecular complexity index is 413. The predicted octanol–water partition coefficient (Wildman–Crippen LogP) is 2.40. The zero-order valence-electron chi connectivity index (χ0n) is 11.7. The first-order chi connectivity index (χ1) is 9.08. The number of hydrogen-bond acceptors (Lipinski definition) is 3. The van der Waals surface area contributed by atoms with E-state index in [-0.39, 0.29) is 0 Å². The molecule has 0 spiro atoms. The van der Waals surface area contributed by atoms with Gasteiger partial charge >= 0.3 is 0 Å². The van der Waals surface area contributed by atoms with E-state index in [2.05, 4.69) is 23.8 Å². The van der Waals surface area contributed by atoms with Gasteiger partial charge in [-0.05, 0) is 32.0 Å². The van der Waals surface area contributed by atoms with Gasteiger partial charge in [-0.25, -0.2) is 0 Å². The van der Waals surface area contributed by atoms with Crippen molar-refractivity contribution in [3.05, 3.63) is 34.9 Å². The minimum absolute atomic E-state index is 0.472. The van der Waals surface area contributed by atoms with Crippen molar-refractivity contribution in [2.24, 2.45) is 0 Å². The summed E-state index contributed by atoms with van der Waals surface area (Å²) in [5.41, 5.74) is 0.839. The van der Waals surface area contributed by atoms with Crippen LogP contribution in [-0.4, -0.2) is 54.2 Å². The smallest absolute Gasteiger partial charge is 0.0816 e. The highest BCUT2D eigenvalue weighted by Crippen LogP contribution is 2.25. The monoisotopic (exact) mass is 282 g/mol. The molecule has 4 heteroatoms. The molecule has 1 fully saturated rings. The molecule has 1 heterocycles. The summed E-state index contributed by atoms with van der Waals surface area (Å²) in [4.78, 5) is 4.80. The molecule has 1 saturated heterocycles. The van der Waals surface area contributed by atoms with E-state index in [9.17, 15) is 5.11 Å². The van der Waals surface area contributed by atoms with Gasteiger partial charge in [0.15, 0.2) is 0 Å². The molecule has 3 nitrogen and oxygen atoms in total. The Labute approximate surface area is 120 Å². The SMILES string of the molecule is CC1CN(C)CCN1CCC(O)c1ccccc1Cl. The van der Waals surface area contributed by atoms with Crippen LogP contribution in [0.2, 0.25) is 5.02 Å². The van der Waals surface area contributed by atoms with Crippen molar-refractivity contribution in [2.75, 3.05) is 33.2 Å². The number of nitrogens with zero attached hydrogens (tertiary/aromatic N) is 2. The van der Waals surface area contributed by atoms with Crippen molar-refractivity contribution < 1.29 is 5.11 Å². The molecule has 106 valence electrons. The highest BCUT2D eigenvalue weighted by molar-refractivity contribution is 6.31. The lowest BCUT2D eigenvalue weighted by molar-refractivity contribution is 0.0770. The van der Waals surface area contributed by atoms with E-state index in [0.29, 0.717) is 11.1 Å². The van der Waals surface area contributed by atoms with Gasteiger partial charge in [-0.15, -0.1) is 0 Å². The zero-order valence-corrected chi connectivity index (χ0v) is 12.5. The van der Waals surface area contributed by atoms with E-state index in [0.717, 1.165) is 38.2 Å². The van der Waals surface area contributed by atoms with Crippen molar-refractivity contribution in [2.45, 2.75) is 25.5 Å². The molecule has 1 aliphatic heterocycles. The number of benzene rings is 1. The number of rotatable bonds is 4. The molecule has 2 rings (SSSR count). The van der Waals surface area contributed by atoms with Crippen LogP contribution < -0.4 is 0 Å². The molecule has 0 radical (unpaired) electrons. The number of halogens is 1. The number of piperazine rings is 1. The van der Waals surface area contributed by atoms with Crippen LogP contribution in [0.25, 0.3) is 0 Å². The average Bonchev–Trinajstić information content (AvgIpc) is 2.38. The summed E-state index contributed by atoms with van der Waals surface area (Å²) < 4.78 is 0. The van der Waals surface area contributed by atoms with Crippen molar-refractivity contribution in [3.8, 4) is 0 Å². The summed E-state index contributed by atoms with van der Waals surface area (Å²) in [5, 5.41) is 10.9. The maximum absolute atomic E-state index is 10.2. The Morgan fingerprint density at radius 3 is 2.79 bits per heavy atom. The van der Waals surface area contributed by atoms with Gasteiger partial charge in [0.25, 0.3) is 0 Å². The van der Waals surface area contributed by atoms with E-state index in [1.54, 1.807) is 0 Å². The highest BCUT2D eigenvalue weighted by atomic mass is 35.5. The molecule has 0 aliphatic carbocycles. The maximum atomic E-state index is 10.2. The third kappa shape index (κ3) is 3.93. The molecular formula is C15H23ClN2O. The van der Waals surface area contributed by atoms with Gasteiger partial charge in [0.05, 0.1) is 6.10 Å². The summed E-state index contributed by atoms with van der Waals surface area (Å²) in [6.45, 7) is 6.44. The minimum Gasteiger partial charge on any atom is -0.388 e. The van der Waals surface area contributed by atoms with Gasteiger partial charge in [-0.1, -0.05) is 29.8 Å². The summed E-state index contributed by atoms with van der Waals surface area (Å²) in [6, 6.07) is 8.10. The second-order valence-electron chi connectivity index (χ2n) is 5.47. The molecule has 19 heavy (non-hydrogen) atoms. The number of likely N-dealkylation sites (N-methyl/N-ethyl adjacent to an activating group) is 1. The standard InChI is InChI=1S/C15H23ClN2O/c1-12-11-17(2)9-10-18(12)8-7-15(19)13-5-3-4-6-14(13)16/h3-6,12,15,19H,7-11H2,1-2H3. The summed E-state index contributed by atoms with van der Waals surface area (Å²) in [6.07, 6.45) is 0.262. The average molecular weight is 283 g/mol. The third-order valence-corrected chi connectivity index (χ3v) is 4.27. The fourth-order valence-corrected chi connectivity index (χ4v) is 2.96. The Kier molecular flexibility index (Phi) is 5.22. The van der Waals surface area contributed by atoms with Crippen molar-refractivity contribution in [3.63, 3.8) is 0 Å². The lowest BCUT2D eigenvalue weighted by Crippen LogP contribution is -2.50. The first-order valence-electron chi connectivity index (χ1n) is 6.93. The topological polar surface area (TPSA) is 26.7 Å². The Balaban J connectivity index is 1.87. The quantitative estimate of drug-likeness (QED) is 0.919. The first-order valence-corrected chi connectivity index (χ1v) is 7.31. The van der Waals surface area contributed by atoms with Gasteiger partial charge < -0.3 is 10.0 Å². The van der Waals surface area contributed by atoms with E-state index < -0.39 is 6.10 Å². The molecule has 0 aromatic heterocycles. The second kappa shape index (κ2) is 6.71. The fraction of sp³-hybridized carbons (Fsp3) is 0.600. The van der Waals surface area contributed by atoms with Gasteiger partial charge in [0, 0.05) is 37.2 Å². The van der Waals surface area contributed by atoms with Crippen LogP contribution in [0.4, 0.5) is 0 Å². The maximum Gasteiger partial charge on any atom is 0.0816 e. The Morgan fingerprint density at radius 2 is 2.11 bits per heavy atom. The number of hydrogen-bond donors (Lipinski definition) is 1. The van der Waals surface area contributed by atoms with Gasteiger partial charge in [-0.3, -0.25) is 4.90 Å². The highest BCUT2D eigenvalue weighted by Gasteiger charge is 2.22. The van der Waals surface area contributed by atoms with Crippen LogP contribution in [0.5, 0.6) is 0 Å². The normalized spacial score (nSPS) is 23.5. The summed E-state index contributed by atoms with van der Waals surface area (Å²) in [7, 11) is 2.16. The molecule has 1 aromatic carbocycles.